The molecule has 1 saturated carbocycles. The maximum absolute atomic E-state index is 8.94. The van der Waals surface area contributed by atoms with Crippen LogP contribution in [-0.4, -0.2) is 10.6 Å². The van der Waals surface area contributed by atoms with Gasteiger partial charge < -0.3 is 9.88 Å². The highest BCUT2D eigenvalue weighted by molar-refractivity contribution is 5.34. The zero-order valence-corrected chi connectivity index (χ0v) is 10.2. The SMILES string of the molecule is Cc1c(CNC(C)C2CC2)cc(C#N)n1C. The molecule has 0 spiro atoms. The predicted molar refractivity (Wildman–Crippen MR) is 63.9 cm³/mol. The van der Waals surface area contributed by atoms with E-state index in [1.807, 2.05) is 17.7 Å². The van der Waals surface area contributed by atoms with Gasteiger partial charge in [-0.05, 0) is 44.2 Å². The molecule has 1 unspecified atom stereocenters. The average Bonchev–Trinajstić information content (AvgIpc) is 3.07. The molecule has 0 bridgehead atoms. The van der Waals surface area contributed by atoms with Gasteiger partial charge in [0.2, 0.25) is 0 Å². The molecule has 3 heteroatoms. The second kappa shape index (κ2) is 4.31. The van der Waals surface area contributed by atoms with Gasteiger partial charge in [-0.3, -0.25) is 0 Å². The first-order valence-electron chi connectivity index (χ1n) is 5.92. The number of nitriles is 1. The Morgan fingerprint density at radius 3 is 2.81 bits per heavy atom. The van der Waals surface area contributed by atoms with Crippen LogP contribution < -0.4 is 5.32 Å². The number of aromatic nitrogens is 1. The third-order valence-electron chi connectivity index (χ3n) is 3.70. The molecule has 0 aliphatic heterocycles. The summed E-state index contributed by atoms with van der Waals surface area (Å²) in [7, 11) is 1.95. The lowest BCUT2D eigenvalue weighted by atomic mass is 10.2. The molecular weight excluding hydrogens is 198 g/mol. The minimum Gasteiger partial charge on any atom is -0.340 e. The molecule has 1 atom stereocenters. The summed E-state index contributed by atoms with van der Waals surface area (Å²) in [5, 5.41) is 12.5. The summed E-state index contributed by atoms with van der Waals surface area (Å²) in [6, 6.07) is 4.80. The molecular formula is C13H19N3. The van der Waals surface area contributed by atoms with Crippen molar-refractivity contribution < 1.29 is 0 Å². The smallest absolute Gasteiger partial charge is 0.120 e. The van der Waals surface area contributed by atoms with Crippen molar-refractivity contribution in [3.05, 3.63) is 23.0 Å². The molecule has 16 heavy (non-hydrogen) atoms. The van der Waals surface area contributed by atoms with Crippen molar-refractivity contribution in [1.82, 2.24) is 9.88 Å². The maximum atomic E-state index is 8.94. The molecule has 1 aliphatic rings. The van der Waals surface area contributed by atoms with Gasteiger partial charge in [0, 0.05) is 25.3 Å². The van der Waals surface area contributed by atoms with Gasteiger partial charge in [-0.1, -0.05) is 0 Å². The summed E-state index contributed by atoms with van der Waals surface area (Å²) < 4.78 is 1.96. The number of rotatable bonds is 4. The van der Waals surface area contributed by atoms with E-state index in [-0.39, 0.29) is 0 Å². The molecule has 1 aromatic heterocycles. The van der Waals surface area contributed by atoms with E-state index in [0.717, 1.165) is 18.2 Å². The number of nitrogens with one attached hydrogen (secondary N) is 1. The summed E-state index contributed by atoms with van der Waals surface area (Å²) in [5.74, 6) is 0.874. The summed E-state index contributed by atoms with van der Waals surface area (Å²) in [6.45, 7) is 5.19. The minimum absolute atomic E-state index is 0.602. The molecule has 2 rings (SSSR count). The summed E-state index contributed by atoms with van der Waals surface area (Å²) in [4.78, 5) is 0. The third-order valence-corrected chi connectivity index (χ3v) is 3.70. The van der Waals surface area contributed by atoms with Gasteiger partial charge in [-0.15, -0.1) is 0 Å². The molecule has 0 aromatic carbocycles. The van der Waals surface area contributed by atoms with Crippen LogP contribution in [0, 0.1) is 24.2 Å². The van der Waals surface area contributed by atoms with E-state index in [1.54, 1.807) is 0 Å². The second-order valence-electron chi connectivity index (χ2n) is 4.82. The molecule has 0 amide bonds. The van der Waals surface area contributed by atoms with Crippen LogP contribution in [0.25, 0.3) is 0 Å². The lowest BCUT2D eigenvalue weighted by Gasteiger charge is -2.12. The van der Waals surface area contributed by atoms with Gasteiger partial charge >= 0.3 is 0 Å². The van der Waals surface area contributed by atoms with Gasteiger partial charge in [-0.2, -0.15) is 5.26 Å². The van der Waals surface area contributed by atoms with Crippen molar-refractivity contribution in [2.24, 2.45) is 13.0 Å². The largest absolute Gasteiger partial charge is 0.340 e. The van der Waals surface area contributed by atoms with Crippen LogP contribution >= 0.6 is 0 Å². The van der Waals surface area contributed by atoms with Crippen LogP contribution in [0.5, 0.6) is 0 Å². The molecule has 1 heterocycles. The van der Waals surface area contributed by atoms with E-state index >= 15 is 0 Å². The lowest BCUT2D eigenvalue weighted by molar-refractivity contribution is 0.495. The van der Waals surface area contributed by atoms with E-state index in [9.17, 15) is 0 Å². The van der Waals surface area contributed by atoms with Crippen molar-refractivity contribution in [2.75, 3.05) is 0 Å². The number of nitrogens with zero attached hydrogens (tertiary/aromatic N) is 2. The van der Waals surface area contributed by atoms with Gasteiger partial charge in [-0.25, -0.2) is 0 Å². The zero-order chi connectivity index (χ0) is 11.7. The van der Waals surface area contributed by atoms with Gasteiger partial charge in [0.15, 0.2) is 0 Å². The summed E-state index contributed by atoms with van der Waals surface area (Å²) >= 11 is 0. The van der Waals surface area contributed by atoms with Crippen LogP contribution in [0.15, 0.2) is 6.07 Å². The average molecular weight is 217 g/mol. The van der Waals surface area contributed by atoms with Crippen LogP contribution in [-0.2, 0) is 13.6 Å². The summed E-state index contributed by atoms with van der Waals surface area (Å²) in [6.07, 6.45) is 2.73. The Morgan fingerprint density at radius 2 is 2.31 bits per heavy atom. The van der Waals surface area contributed by atoms with Crippen molar-refractivity contribution in [2.45, 2.75) is 39.3 Å². The number of hydrogen-bond acceptors (Lipinski definition) is 2. The van der Waals surface area contributed by atoms with Crippen molar-refractivity contribution >= 4 is 0 Å². The highest BCUT2D eigenvalue weighted by atomic mass is 15.0. The summed E-state index contributed by atoms with van der Waals surface area (Å²) in [5.41, 5.74) is 3.17. The van der Waals surface area contributed by atoms with Crippen LogP contribution in [0.4, 0.5) is 0 Å². The Bertz CT molecular complexity index is 421. The molecule has 0 radical (unpaired) electrons. The Kier molecular flexibility index (Phi) is 3.02. The van der Waals surface area contributed by atoms with Gasteiger partial charge in [0.1, 0.15) is 11.8 Å². The van der Waals surface area contributed by atoms with Crippen molar-refractivity contribution in [1.29, 1.82) is 5.26 Å². The molecule has 3 nitrogen and oxygen atoms in total. The van der Waals surface area contributed by atoms with Crippen LogP contribution in [0.1, 0.15) is 36.7 Å². The first-order chi connectivity index (χ1) is 7.63. The van der Waals surface area contributed by atoms with Gasteiger partial charge in [0.05, 0.1) is 0 Å². The Labute approximate surface area is 97.1 Å². The zero-order valence-electron chi connectivity index (χ0n) is 10.2. The molecule has 1 N–H and O–H groups in total. The van der Waals surface area contributed by atoms with Crippen LogP contribution in [0.2, 0.25) is 0 Å². The standard InChI is InChI=1S/C13H19N3/c1-9(11-4-5-11)15-8-12-6-13(7-14)16(3)10(12)2/h6,9,11,15H,4-5,8H2,1-3H3. The van der Waals surface area contributed by atoms with E-state index in [1.165, 1.54) is 24.1 Å². The predicted octanol–water partition coefficient (Wildman–Crippen LogP) is 2.09. The Hall–Kier alpha value is -1.27. The van der Waals surface area contributed by atoms with Crippen molar-refractivity contribution in [3.63, 3.8) is 0 Å². The quantitative estimate of drug-likeness (QED) is 0.839. The Morgan fingerprint density at radius 1 is 1.62 bits per heavy atom. The highest BCUT2D eigenvalue weighted by Gasteiger charge is 2.27. The second-order valence-corrected chi connectivity index (χ2v) is 4.82. The highest BCUT2D eigenvalue weighted by Crippen LogP contribution is 2.32. The fourth-order valence-electron chi connectivity index (χ4n) is 2.08. The van der Waals surface area contributed by atoms with Crippen molar-refractivity contribution in [3.8, 4) is 6.07 Å². The topological polar surface area (TPSA) is 40.8 Å². The molecule has 1 aromatic rings. The number of hydrogen-bond donors (Lipinski definition) is 1. The van der Waals surface area contributed by atoms with Crippen LogP contribution in [0.3, 0.4) is 0 Å². The molecule has 1 aliphatic carbocycles. The maximum Gasteiger partial charge on any atom is 0.120 e. The third kappa shape index (κ3) is 2.12. The van der Waals surface area contributed by atoms with E-state index in [2.05, 4.69) is 25.2 Å². The lowest BCUT2D eigenvalue weighted by Crippen LogP contribution is -2.27. The first-order valence-corrected chi connectivity index (χ1v) is 5.92. The van der Waals surface area contributed by atoms with Gasteiger partial charge in [0.25, 0.3) is 0 Å². The molecule has 86 valence electrons. The molecule has 1 fully saturated rings. The molecule has 0 saturated heterocycles. The first kappa shape index (κ1) is 11.2. The van der Waals surface area contributed by atoms with E-state index in [4.69, 9.17) is 5.26 Å². The van der Waals surface area contributed by atoms with E-state index in [0.29, 0.717) is 6.04 Å². The fraction of sp³-hybridized carbons (Fsp3) is 0.615. The normalized spacial score (nSPS) is 17.1. The Balaban J connectivity index is 2.01. The van der Waals surface area contributed by atoms with E-state index < -0.39 is 0 Å². The monoisotopic (exact) mass is 217 g/mol. The minimum atomic E-state index is 0.602. The fourth-order valence-corrected chi connectivity index (χ4v) is 2.08.